The first kappa shape index (κ1) is 13.6. The molecule has 0 aliphatic heterocycles. The Bertz CT molecular complexity index is 354. The SMILES string of the molecule is COC(C)CNCC(=O)Nc1ccc(F)cc1. The smallest absolute Gasteiger partial charge is 0.238 e. The predicted molar refractivity (Wildman–Crippen MR) is 64.4 cm³/mol. The number of hydrogen-bond acceptors (Lipinski definition) is 3. The number of halogens is 1. The van der Waals surface area contributed by atoms with Gasteiger partial charge in [-0.15, -0.1) is 0 Å². The standard InChI is InChI=1S/C12H17FN2O2/c1-9(17-2)7-14-8-12(16)15-11-5-3-10(13)4-6-11/h3-6,9,14H,7-8H2,1-2H3,(H,15,16). The zero-order valence-electron chi connectivity index (χ0n) is 10.00. The third-order valence-corrected chi connectivity index (χ3v) is 2.25. The highest BCUT2D eigenvalue weighted by atomic mass is 19.1. The summed E-state index contributed by atoms with van der Waals surface area (Å²) in [5.41, 5.74) is 0.581. The molecule has 1 aromatic rings. The van der Waals surface area contributed by atoms with Gasteiger partial charge >= 0.3 is 0 Å². The largest absolute Gasteiger partial charge is 0.380 e. The summed E-state index contributed by atoms with van der Waals surface area (Å²) in [6.07, 6.45) is 0.0635. The van der Waals surface area contributed by atoms with E-state index in [1.165, 1.54) is 24.3 Å². The quantitative estimate of drug-likeness (QED) is 0.790. The van der Waals surface area contributed by atoms with Gasteiger partial charge in [0.25, 0.3) is 0 Å². The maximum Gasteiger partial charge on any atom is 0.238 e. The number of amides is 1. The van der Waals surface area contributed by atoms with Crippen LogP contribution in [-0.2, 0) is 9.53 Å². The van der Waals surface area contributed by atoms with Crippen LogP contribution in [0.2, 0.25) is 0 Å². The van der Waals surface area contributed by atoms with Crippen molar-refractivity contribution in [3.63, 3.8) is 0 Å². The molecule has 0 fully saturated rings. The van der Waals surface area contributed by atoms with E-state index in [0.29, 0.717) is 12.2 Å². The molecule has 1 rings (SSSR count). The summed E-state index contributed by atoms with van der Waals surface area (Å²) in [6, 6.07) is 5.64. The lowest BCUT2D eigenvalue weighted by molar-refractivity contribution is -0.115. The van der Waals surface area contributed by atoms with E-state index in [0.717, 1.165) is 0 Å². The number of carbonyl (C=O) groups is 1. The maximum absolute atomic E-state index is 12.6. The summed E-state index contributed by atoms with van der Waals surface area (Å²) in [5.74, 6) is -0.491. The molecular formula is C12H17FN2O2. The second kappa shape index (κ2) is 6.98. The van der Waals surface area contributed by atoms with E-state index < -0.39 is 0 Å². The maximum atomic E-state index is 12.6. The van der Waals surface area contributed by atoms with Gasteiger partial charge in [-0.1, -0.05) is 0 Å². The Kier molecular flexibility index (Phi) is 5.59. The van der Waals surface area contributed by atoms with Crippen molar-refractivity contribution in [3.05, 3.63) is 30.1 Å². The summed E-state index contributed by atoms with van der Waals surface area (Å²) in [4.78, 5) is 11.5. The summed E-state index contributed by atoms with van der Waals surface area (Å²) < 4.78 is 17.6. The lowest BCUT2D eigenvalue weighted by Crippen LogP contribution is -2.33. The molecule has 0 aliphatic rings. The lowest BCUT2D eigenvalue weighted by Gasteiger charge is -2.10. The van der Waals surface area contributed by atoms with Crippen LogP contribution in [0.15, 0.2) is 24.3 Å². The number of methoxy groups -OCH3 is 1. The molecule has 0 radical (unpaired) electrons. The average molecular weight is 240 g/mol. The Morgan fingerprint density at radius 1 is 1.41 bits per heavy atom. The molecule has 0 saturated carbocycles. The zero-order chi connectivity index (χ0) is 12.7. The van der Waals surface area contributed by atoms with Gasteiger partial charge in [0.15, 0.2) is 0 Å². The first-order valence-electron chi connectivity index (χ1n) is 5.40. The van der Waals surface area contributed by atoms with Crippen molar-refractivity contribution >= 4 is 11.6 Å². The topological polar surface area (TPSA) is 50.4 Å². The summed E-state index contributed by atoms with van der Waals surface area (Å²) in [7, 11) is 1.62. The molecule has 0 saturated heterocycles. The van der Waals surface area contributed by atoms with Crippen molar-refractivity contribution < 1.29 is 13.9 Å². The van der Waals surface area contributed by atoms with Crippen molar-refractivity contribution in [2.45, 2.75) is 13.0 Å². The molecule has 1 amide bonds. The fourth-order valence-electron chi connectivity index (χ4n) is 1.21. The van der Waals surface area contributed by atoms with Gasteiger partial charge in [0, 0.05) is 19.3 Å². The number of benzene rings is 1. The van der Waals surface area contributed by atoms with Gasteiger partial charge in [0.2, 0.25) is 5.91 Å². The molecular weight excluding hydrogens is 223 g/mol. The summed E-state index contributed by atoms with van der Waals surface area (Å²) in [6.45, 7) is 2.71. The first-order valence-corrected chi connectivity index (χ1v) is 5.40. The van der Waals surface area contributed by atoms with Crippen molar-refractivity contribution in [1.29, 1.82) is 0 Å². The Labute approximate surface area is 100 Å². The van der Waals surface area contributed by atoms with Gasteiger partial charge in [0.1, 0.15) is 5.82 Å². The highest BCUT2D eigenvalue weighted by Gasteiger charge is 2.03. The van der Waals surface area contributed by atoms with Gasteiger partial charge in [-0.2, -0.15) is 0 Å². The van der Waals surface area contributed by atoms with Crippen LogP contribution in [-0.4, -0.2) is 32.2 Å². The number of nitrogens with one attached hydrogen (secondary N) is 2. The van der Waals surface area contributed by atoms with Crippen LogP contribution in [0.5, 0.6) is 0 Å². The van der Waals surface area contributed by atoms with E-state index in [1.54, 1.807) is 7.11 Å². The summed E-state index contributed by atoms with van der Waals surface area (Å²) in [5, 5.41) is 5.61. The van der Waals surface area contributed by atoms with Crippen molar-refractivity contribution in [3.8, 4) is 0 Å². The minimum absolute atomic E-state index is 0.0635. The van der Waals surface area contributed by atoms with Crippen LogP contribution in [0.1, 0.15) is 6.92 Å². The van der Waals surface area contributed by atoms with Crippen LogP contribution in [0, 0.1) is 5.82 Å². The molecule has 1 unspecified atom stereocenters. The molecule has 94 valence electrons. The minimum Gasteiger partial charge on any atom is -0.380 e. The van der Waals surface area contributed by atoms with Gasteiger partial charge < -0.3 is 15.4 Å². The van der Waals surface area contributed by atoms with Gasteiger partial charge in [-0.05, 0) is 31.2 Å². The molecule has 5 heteroatoms. The van der Waals surface area contributed by atoms with Crippen LogP contribution in [0.25, 0.3) is 0 Å². The molecule has 0 aliphatic carbocycles. The summed E-state index contributed by atoms with van der Waals surface area (Å²) >= 11 is 0. The Morgan fingerprint density at radius 2 is 2.06 bits per heavy atom. The Morgan fingerprint density at radius 3 is 2.65 bits per heavy atom. The molecule has 0 heterocycles. The van der Waals surface area contributed by atoms with E-state index >= 15 is 0 Å². The van der Waals surface area contributed by atoms with Crippen molar-refractivity contribution in [1.82, 2.24) is 5.32 Å². The van der Waals surface area contributed by atoms with E-state index in [4.69, 9.17) is 4.74 Å². The second-order valence-electron chi connectivity index (χ2n) is 3.73. The lowest BCUT2D eigenvalue weighted by atomic mass is 10.3. The number of anilines is 1. The van der Waals surface area contributed by atoms with Crippen LogP contribution in [0.3, 0.4) is 0 Å². The monoisotopic (exact) mass is 240 g/mol. The zero-order valence-corrected chi connectivity index (χ0v) is 10.00. The predicted octanol–water partition coefficient (Wildman–Crippen LogP) is 1.39. The van der Waals surface area contributed by atoms with Gasteiger partial charge in [-0.3, -0.25) is 4.79 Å². The number of hydrogen-bond donors (Lipinski definition) is 2. The van der Waals surface area contributed by atoms with Crippen LogP contribution < -0.4 is 10.6 Å². The molecule has 0 aromatic heterocycles. The van der Waals surface area contributed by atoms with Gasteiger partial charge in [0.05, 0.1) is 12.6 Å². The Hall–Kier alpha value is -1.46. The Balaban J connectivity index is 2.27. The fourth-order valence-corrected chi connectivity index (χ4v) is 1.21. The van der Waals surface area contributed by atoms with Crippen LogP contribution >= 0.6 is 0 Å². The molecule has 1 aromatic carbocycles. The normalized spacial score (nSPS) is 12.2. The second-order valence-corrected chi connectivity index (χ2v) is 3.73. The number of carbonyl (C=O) groups excluding carboxylic acids is 1. The molecule has 0 bridgehead atoms. The van der Waals surface area contributed by atoms with Gasteiger partial charge in [-0.25, -0.2) is 4.39 Å². The molecule has 1 atom stereocenters. The highest BCUT2D eigenvalue weighted by molar-refractivity contribution is 5.92. The van der Waals surface area contributed by atoms with E-state index in [1.807, 2.05) is 6.92 Å². The minimum atomic E-state index is -0.324. The molecule has 2 N–H and O–H groups in total. The third kappa shape index (κ3) is 5.42. The van der Waals surface area contributed by atoms with E-state index in [2.05, 4.69) is 10.6 Å². The molecule has 17 heavy (non-hydrogen) atoms. The number of ether oxygens (including phenoxy) is 1. The molecule has 4 nitrogen and oxygen atoms in total. The highest BCUT2D eigenvalue weighted by Crippen LogP contribution is 2.07. The van der Waals surface area contributed by atoms with E-state index in [-0.39, 0.29) is 24.4 Å². The fraction of sp³-hybridized carbons (Fsp3) is 0.417. The molecule has 0 spiro atoms. The first-order chi connectivity index (χ1) is 8.11. The van der Waals surface area contributed by atoms with Crippen molar-refractivity contribution in [2.24, 2.45) is 0 Å². The average Bonchev–Trinajstić information content (AvgIpc) is 2.32. The third-order valence-electron chi connectivity index (χ3n) is 2.25. The van der Waals surface area contributed by atoms with Crippen molar-refractivity contribution in [2.75, 3.05) is 25.5 Å². The van der Waals surface area contributed by atoms with E-state index in [9.17, 15) is 9.18 Å². The van der Waals surface area contributed by atoms with Crippen LogP contribution in [0.4, 0.5) is 10.1 Å². The number of rotatable bonds is 6.